The van der Waals surface area contributed by atoms with E-state index in [1.54, 1.807) is 18.2 Å². The van der Waals surface area contributed by atoms with Crippen LogP contribution in [0.2, 0.25) is 0 Å². The maximum atomic E-state index is 12.2. The average Bonchev–Trinajstić information content (AvgIpc) is 3.02. The summed E-state index contributed by atoms with van der Waals surface area (Å²) in [6, 6.07) is 7.72. The van der Waals surface area contributed by atoms with Crippen molar-refractivity contribution >= 4 is 10.0 Å². The van der Waals surface area contributed by atoms with Crippen molar-refractivity contribution in [1.29, 1.82) is 0 Å². The molecule has 0 spiro atoms. The molecule has 7 nitrogen and oxygen atoms in total. The van der Waals surface area contributed by atoms with Gasteiger partial charge >= 0.3 is 0 Å². The number of aryl methyl sites for hydroxylation is 2. The van der Waals surface area contributed by atoms with E-state index in [0.717, 1.165) is 30.5 Å². The number of nitrogens with zero attached hydrogens (tertiary/aromatic N) is 2. The van der Waals surface area contributed by atoms with E-state index in [0.29, 0.717) is 5.75 Å². The highest BCUT2D eigenvalue weighted by Gasteiger charge is 2.16. The summed E-state index contributed by atoms with van der Waals surface area (Å²) >= 11 is 0. The Balaban J connectivity index is 1.66. The first-order chi connectivity index (χ1) is 11.5. The van der Waals surface area contributed by atoms with Gasteiger partial charge in [-0.3, -0.25) is 4.79 Å². The van der Waals surface area contributed by atoms with E-state index in [1.807, 2.05) is 0 Å². The maximum Gasteiger partial charge on any atom is 0.267 e. The molecule has 2 aromatic rings. The number of hydrogen-bond acceptors (Lipinski definition) is 5. The van der Waals surface area contributed by atoms with Gasteiger partial charge in [0.15, 0.2) is 0 Å². The fourth-order valence-electron chi connectivity index (χ4n) is 2.72. The van der Waals surface area contributed by atoms with Gasteiger partial charge in [-0.15, -0.1) is 0 Å². The molecule has 0 saturated carbocycles. The van der Waals surface area contributed by atoms with Gasteiger partial charge in [0.2, 0.25) is 10.0 Å². The number of fused-ring (bicyclic) bond motifs is 1. The molecular weight excluding hydrogens is 330 g/mol. The summed E-state index contributed by atoms with van der Waals surface area (Å²) in [7, 11) is -2.11. The molecule has 1 aliphatic carbocycles. The van der Waals surface area contributed by atoms with E-state index in [-0.39, 0.29) is 23.5 Å². The number of sulfonamides is 1. The third kappa shape index (κ3) is 3.49. The Morgan fingerprint density at radius 2 is 2.00 bits per heavy atom. The molecule has 1 aromatic heterocycles. The number of methoxy groups -OCH3 is 1. The molecule has 8 heteroatoms. The number of rotatable bonds is 6. The Kier molecular flexibility index (Phi) is 4.68. The third-order valence-corrected chi connectivity index (χ3v) is 5.49. The Labute approximate surface area is 140 Å². The molecule has 0 fully saturated rings. The minimum atomic E-state index is -3.63. The largest absolute Gasteiger partial charge is 0.497 e. The van der Waals surface area contributed by atoms with Gasteiger partial charge < -0.3 is 4.74 Å². The van der Waals surface area contributed by atoms with E-state index >= 15 is 0 Å². The lowest BCUT2D eigenvalue weighted by atomic mass is 10.2. The van der Waals surface area contributed by atoms with Crippen molar-refractivity contribution < 1.29 is 13.2 Å². The lowest BCUT2D eigenvalue weighted by molar-refractivity contribution is 0.414. The predicted molar refractivity (Wildman–Crippen MR) is 88.7 cm³/mol. The van der Waals surface area contributed by atoms with Crippen molar-refractivity contribution in [3.05, 3.63) is 51.9 Å². The van der Waals surface area contributed by atoms with Gasteiger partial charge in [-0.25, -0.2) is 17.8 Å². The number of nitrogens with one attached hydrogen (secondary N) is 1. The van der Waals surface area contributed by atoms with E-state index < -0.39 is 10.0 Å². The molecule has 0 atom stereocenters. The molecule has 24 heavy (non-hydrogen) atoms. The molecule has 3 rings (SSSR count). The second kappa shape index (κ2) is 6.74. The van der Waals surface area contributed by atoms with Crippen molar-refractivity contribution in [2.45, 2.75) is 30.7 Å². The topological polar surface area (TPSA) is 90.3 Å². The SMILES string of the molecule is COc1ccc(S(=O)(=O)NCCn2nc3c(cc2=O)CCC3)cc1. The third-order valence-electron chi connectivity index (χ3n) is 4.01. The molecule has 1 aliphatic rings. The normalized spacial score (nSPS) is 13.7. The van der Waals surface area contributed by atoms with Crippen LogP contribution >= 0.6 is 0 Å². The van der Waals surface area contributed by atoms with Crippen LogP contribution in [0.3, 0.4) is 0 Å². The predicted octanol–water partition coefficient (Wildman–Crippen LogP) is 0.719. The van der Waals surface area contributed by atoms with Gasteiger partial charge in [0, 0.05) is 12.6 Å². The quantitative estimate of drug-likeness (QED) is 0.830. The van der Waals surface area contributed by atoms with E-state index in [1.165, 1.54) is 23.9 Å². The van der Waals surface area contributed by atoms with Gasteiger partial charge in [0.25, 0.3) is 5.56 Å². The van der Waals surface area contributed by atoms with Crippen LogP contribution in [0.15, 0.2) is 40.0 Å². The lowest BCUT2D eigenvalue weighted by Gasteiger charge is -2.09. The average molecular weight is 349 g/mol. The summed E-state index contributed by atoms with van der Waals surface area (Å²) in [6.07, 6.45) is 2.77. The minimum Gasteiger partial charge on any atom is -0.497 e. The van der Waals surface area contributed by atoms with Crippen LogP contribution < -0.4 is 15.0 Å². The zero-order valence-corrected chi connectivity index (χ0v) is 14.2. The molecule has 0 amide bonds. The van der Waals surface area contributed by atoms with Gasteiger partial charge in [-0.1, -0.05) is 0 Å². The summed E-state index contributed by atoms with van der Waals surface area (Å²) in [4.78, 5) is 12.1. The van der Waals surface area contributed by atoms with Gasteiger partial charge in [0.1, 0.15) is 5.75 Å². The molecule has 1 N–H and O–H groups in total. The first-order valence-corrected chi connectivity index (χ1v) is 9.21. The van der Waals surface area contributed by atoms with Crippen LogP contribution in [0, 0.1) is 0 Å². The smallest absolute Gasteiger partial charge is 0.267 e. The highest BCUT2D eigenvalue weighted by atomic mass is 32.2. The second-order valence-electron chi connectivity index (χ2n) is 5.60. The Bertz CT molecular complexity index is 889. The molecule has 1 heterocycles. The number of hydrogen-bond donors (Lipinski definition) is 1. The maximum absolute atomic E-state index is 12.2. The molecular formula is C16H19N3O4S. The van der Waals surface area contributed by atoms with Crippen LogP contribution in [0.4, 0.5) is 0 Å². The summed E-state index contributed by atoms with van der Waals surface area (Å²) in [6.45, 7) is 0.293. The lowest BCUT2D eigenvalue weighted by Crippen LogP contribution is -2.32. The first-order valence-electron chi connectivity index (χ1n) is 7.73. The zero-order chi connectivity index (χ0) is 17.2. The van der Waals surface area contributed by atoms with Gasteiger partial charge in [-0.05, 0) is 49.1 Å². The Morgan fingerprint density at radius 1 is 1.25 bits per heavy atom. The monoisotopic (exact) mass is 349 g/mol. The summed E-state index contributed by atoms with van der Waals surface area (Å²) in [5, 5.41) is 4.32. The fraction of sp³-hybridized carbons (Fsp3) is 0.375. The van der Waals surface area contributed by atoms with Crippen LogP contribution in [-0.2, 0) is 29.4 Å². The van der Waals surface area contributed by atoms with E-state index in [9.17, 15) is 13.2 Å². The van der Waals surface area contributed by atoms with E-state index in [4.69, 9.17) is 4.74 Å². The number of aromatic nitrogens is 2. The van der Waals surface area contributed by atoms with Crippen molar-refractivity contribution in [2.24, 2.45) is 0 Å². The molecule has 128 valence electrons. The minimum absolute atomic E-state index is 0.0973. The van der Waals surface area contributed by atoms with Crippen LogP contribution in [-0.4, -0.2) is 31.9 Å². The fourth-order valence-corrected chi connectivity index (χ4v) is 3.74. The van der Waals surface area contributed by atoms with E-state index in [2.05, 4.69) is 9.82 Å². The van der Waals surface area contributed by atoms with Crippen molar-refractivity contribution in [1.82, 2.24) is 14.5 Å². The standard InChI is InChI=1S/C16H19N3O4S/c1-23-13-5-7-14(8-6-13)24(21,22)17-9-10-19-16(20)11-12-3-2-4-15(12)18-19/h5-8,11,17H,2-4,9-10H2,1H3. The van der Waals surface area contributed by atoms with Crippen LogP contribution in [0.25, 0.3) is 0 Å². The van der Waals surface area contributed by atoms with Gasteiger partial charge in [0.05, 0.1) is 24.2 Å². The van der Waals surface area contributed by atoms with Crippen LogP contribution in [0.5, 0.6) is 5.75 Å². The first kappa shape index (κ1) is 16.7. The van der Waals surface area contributed by atoms with Crippen LogP contribution in [0.1, 0.15) is 17.7 Å². The zero-order valence-electron chi connectivity index (χ0n) is 13.4. The van der Waals surface area contributed by atoms with Gasteiger partial charge in [-0.2, -0.15) is 5.10 Å². The highest BCUT2D eigenvalue weighted by molar-refractivity contribution is 7.89. The number of benzene rings is 1. The second-order valence-corrected chi connectivity index (χ2v) is 7.37. The summed E-state index contributed by atoms with van der Waals surface area (Å²) in [5.74, 6) is 0.586. The molecule has 0 saturated heterocycles. The Morgan fingerprint density at radius 3 is 2.71 bits per heavy atom. The molecule has 0 unspecified atom stereocenters. The Hall–Kier alpha value is -2.19. The van der Waals surface area contributed by atoms with Crippen molar-refractivity contribution in [3.8, 4) is 5.75 Å². The van der Waals surface area contributed by atoms with Crippen molar-refractivity contribution in [3.63, 3.8) is 0 Å². The summed E-state index contributed by atoms with van der Waals surface area (Å²) in [5.41, 5.74) is 1.75. The molecule has 0 bridgehead atoms. The molecule has 1 aromatic carbocycles. The van der Waals surface area contributed by atoms with Crippen molar-refractivity contribution in [2.75, 3.05) is 13.7 Å². The molecule has 0 aliphatic heterocycles. The number of ether oxygens (including phenoxy) is 1. The summed E-state index contributed by atoms with van der Waals surface area (Å²) < 4.78 is 33.3. The highest BCUT2D eigenvalue weighted by Crippen LogP contribution is 2.17. The molecule has 0 radical (unpaired) electrons.